The highest BCUT2D eigenvalue weighted by Gasteiger charge is 2.28. The summed E-state index contributed by atoms with van der Waals surface area (Å²) in [5.74, 6) is 0.793. The zero-order valence-electron chi connectivity index (χ0n) is 18.9. The Morgan fingerprint density at radius 2 is 1.97 bits per heavy atom. The summed E-state index contributed by atoms with van der Waals surface area (Å²) >= 11 is 0. The van der Waals surface area contributed by atoms with Crippen molar-refractivity contribution in [3.05, 3.63) is 58.5 Å². The fourth-order valence-corrected chi connectivity index (χ4v) is 4.41. The molecule has 7 heteroatoms. The Hall–Kier alpha value is -3.14. The fourth-order valence-electron chi connectivity index (χ4n) is 4.41. The van der Waals surface area contributed by atoms with E-state index < -0.39 is 5.60 Å². The maximum absolute atomic E-state index is 14.5. The number of carbonyl (C=O) groups excluding carboxylic acids is 1. The van der Waals surface area contributed by atoms with E-state index in [0.717, 1.165) is 36.5 Å². The third-order valence-electron chi connectivity index (χ3n) is 6.06. The van der Waals surface area contributed by atoms with Crippen molar-refractivity contribution in [3.8, 4) is 6.07 Å². The van der Waals surface area contributed by atoms with Crippen LogP contribution in [0.3, 0.4) is 0 Å². The van der Waals surface area contributed by atoms with Gasteiger partial charge in [0.15, 0.2) is 0 Å². The number of nitriles is 1. The number of benzene rings is 1. The number of amides is 1. The molecule has 0 radical (unpaired) electrons. The minimum absolute atomic E-state index is 0.258. The van der Waals surface area contributed by atoms with Crippen molar-refractivity contribution in [1.82, 2.24) is 9.88 Å². The minimum Gasteiger partial charge on any atom is -0.444 e. The first kappa shape index (κ1) is 22.1. The number of nitrogens with zero attached hydrogens (tertiary/aromatic N) is 4. The van der Waals surface area contributed by atoms with Gasteiger partial charge in [0.2, 0.25) is 0 Å². The van der Waals surface area contributed by atoms with Crippen LogP contribution >= 0.6 is 0 Å². The second kappa shape index (κ2) is 8.78. The number of ether oxygens (including phenoxy) is 1. The van der Waals surface area contributed by atoms with Crippen LogP contribution < -0.4 is 4.90 Å². The predicted octanol–water partition coefficient (Wildman–Crippen LogP) is 4.77. The Morgan fingerprint density at radius 1 is 1.22 bits per heavy atom. The Kier molecular flexibility index (Phi) is 6.05. The zero-order valence-corrected chi connectivity index (χ0v) is 18.9. The van der Waals surface area contributed by atoms with Crippen LogP contribution in [0.1, 0.15) is 61.9 Å². The molecule has 1 fully saturated rings. The number of likely N-dealkylation sites (tertiary alicyclic amines) is 1. The summed E-state index contributed by atoms with van der Waals surface area (Å²) in [7, 11) is 0. The van der Waals surface area contributed by atoms with Crippen LogP contribution in [0.2, 0.25) is 0 Å². The molecule has 0 spiro atoms. The van der Waals surface area contributed by atoms with Crippen LogP contribution in [0.15, 0.2) is 30.3 Å². The number of hydrogen-bond donors (Lipinski definition) is 0. The first-order valence-electron chi connectivity index (χ1n) is 11.1. The van der Waals surface area contributed by atoms with Crippen LogP contribution in [-0.4, -0.2) is 41.2 Å². The smallest absolute Gasteiger partial charge is 0.410 e. The van der Waals surface area contributed by atoms with E-state index in [0.29, 0.717) is 37.2 Å². The summed E-state index contributed by atoms with van der Waals surface area (Å²) in [4.78, 5) is 21.1. The number of hydrogen-bond acceptors (Lipinski definition) is 5. The molecular weight excluding hydrogens is 407 g/mol. The summed E-state index contributed by atoms with van der Waals surface area (Å²) < 4.78 is 20.0. The quantitative estimate of drug-likeness (QED) is 0.678. The van der Waals surface area contributed by atoms with Crippen molar-refractivity contribution in [3.63, 3.8) is 0 Å². The number of fused-ring (bicyclic) bond motifs is 1. The first-order chi connectivity index (χ1) is 15.2. The standard InChI is InChI=1S/C25H29FN4O2/c1-25(2,3)32-24(31)29-10-7-18(8-11-29)22-5-4-6-23(28-22)30-12-9-19-13-17(15-27)14-21(26)20(19)16-30/h4-6,13-14,18H,7-12,16H2,1-3H3. The SMILES string of the molecule is CC(C)(C)OC(=O)N1CCC(c2cccc(N3CCc4cc(C#N)cc(F)c4C3)n2)CC1. The first-order valence-corrected chi connectivity index (χ1v) is 11.1. The molecule has 0 N–H and O–H groups in total. The summed E-state index contributed by atoms with van der Waals surface area (Å²) in [5, 5.41) is 9.08. The van der Waals surface area contributed by atoms with Crippen LogP contribution in [0, 0.1) is 17.1 Å². The second-order valence-corrected chi connectivity index (χ2v) is 9.54. The van der Waals surface area contributed by atoms with E-state index in [-0.39, 0.29) is 17.8 Å². The molecule has 4 rings (SSSR count). The van der Waals surface area contributed by atoms with Gasteiger partial charge in [0.25, 0.3) is 0 Å². The molecule has 0 saturated carbocycles. The van der Waals surface area contributed by atoms with Crippen molar-refractivity contribution in [2.75, 3.05) is 24.5 Å². The van der Waals surface area contributed by atoms with Crippen LogP contribution in [0.4, 0.5) is 15.0 Å². The van der Waals surface area contributed by atoms with Crippen molar-refractivity contribution in [2.45, 2.75) is 58.1 Å². The van der Waals surface area contributed by atoms with E-state index in [1.165, 1.54) is 6.07 Å². The lowest BCUT2D eigenvalue weighted by molar-refractivity contribution is 0.0204. The molecule has 1 aromatic carbocycles. The number of halogens is 1. The molecule has 2 aliphatic heterocycles. The van der Waals surface area contributed by atoms with Gasteiger partial charge in [-0.2, -0.15) is 5.26 Å². The summed E-state index contributed by atoms with van der Waals surface area (Å²) in [5.41, 5.74) is 2.44. The average Bonchev–Trinajstić information content (AvgIpc) is 2.78. The lowest BCUT2D eigenvalue weighted by Crippen LogP contribution is -2.41. The largest absolute Gasteiger partial charge is 0.444 e. The molecule has 0 aliphatic carbocycles. The molecule has 1 amide bonds. The van der Waals surface area contributed by atoms with Gasteiger partial charge in [0, 0.05) is 43.4 Å². The van der Waals surface area contributed by atoms with Crippen LogP contribution in [0.25, 0.3) is 0 Å². The van der Waals surface area contributed by atoms with E-state index in [4.69, 9.17) is 15.0 Å². The molecule has 0 unspecified atom stereocenters. The Labute approximate surface area is 188 Å². The van der Waals surface area contributed by atoms with Gasteiger partial charge in [-0.15, -0.1) is 0 Å². The average molecular weight is 437 g/mol. The van der Waals surface area contributed by atoms with E-state index in [9.17, 15) is 9.18 Å². The van der Waals surface area contributed by atoms with Gasteiger partial charge in [-0.1, -0.05) is 6.07 Å². The van der Waals surface area contributed by atoms with Crippen molar-refractivity contribution < 1.29 is 13.9 Å². The molecule has 1 aromatic heterocycles. The molecular formula is C25H29FN4O2. The molecule has 1 saturated heterocycles. The number of piperidine rings is 1. The van der Waals surface area contributed by atoms with Gasteiger partial charge < -0.3 is 14.5 Å². The number of pyridine rings is 1. The van der Waals surface area contributed by atoms with Crippen LogP contribution in [-0.2, 0) is 17.7 Å². The Morgan fingerprint density at radius 3 is 2.66 bits per heavy atom. The van der Waals surface area contributed by atoms with E-state index in [1.54, 1.807) is 11.0 Å². The molecule has 168 valence electrons. The lowest BCUT2D eigenvalue weighted by atomic mass is 9.93. The third-order valence-corrected chi connectivity index (χ3v) is 6.06. The number of anilines is 1. The molecule has 3 heterocycles. The number of rotatable bonds is 2. The van der Waals surface area contributed by atoms with E-state index >= 15 is 0 Å². The fraction of sp³-hybridized carbons (Fsp3) is 0.480. The number of aromatic nitrogens is 1. The molecule has 2 aromatic rings. The molecule has 2 aliphatic rings. The van der Waals surface area contributed by atoms with Gasteiger partial charge in [-0.25, -0.2) is 14.2 Å². The zero-order chi connectivity index (χ0) is 22.9. The van der Waals surface area contributed by atoms with Crippen LogP contribution in [0.5, 0.6) is 0 Å². The lowest BCUT2D eigenvalue weighted by Gasteiger charge is -2.34. The monoisotopic (exact) mass is 436 g/mol. The highest BCUT2D eigenvalue weighted by molar-refractivity contribution is 5.68. The highest BCUT2D eigenvalue weighted by atomic mass is 19.1. The summed E-state index contributed by atoms with van der Waals surface area (Å²) in [6.45, 7) is 8.10. The second-order valence-electron chi connectivity index (χ2n) is 9.54. The van der Waals surface area contributed by atoms with Gasteiger partial charge in [0.1, 0.15) is 17.2 Å². The van der Waals surface area contributed by atoms with E-state index in [1.807, 2.05) is 45.0 Å². The Bertz CT molecular complexity index is 1050. The summed E-state index contributed by atoms with van der Waals surface area (Å²) in [6.07, 6.45) is 2.10. The number of carbonyl (C=O) groups is 1. The van der Waals surface area contributed by atoms with Crippen molar-refractivity contribution in [2.24, 2.45) is 0 Å². The van der Waals surface area contributed by atoms with Crippen molar-refractivity contribution >= 4 is 11.9 Å². The van der Waals surface area contributed by atoms with Gasteiger partial charge in [-0.3, -0.25) is 0 Å². The van der Waals surface area contributed by atoms with E-state index in [2.05, 4.69) is 4.90 Å². The third kappa shape index (κ3) is 4.85. The molecule has 6 nitrogen and oxygen atoms in total. The maximum atomic E-state index is 14.5. The van der Waals surface area contributed by atoms with Gasteiger partial charge in [0.05, 0.1) is 11.6 Å². The highest BCUT2D eigenvalue weighted by Crippen LogP contribution is 2.31. The topological polar surface area (TPSA) is 69.5 Å². The van der Waals surface area contributed by atoms with Gasteiger partial charge >= 0.3 is 6.09 Å². The molecule has 32 heavy (non-hydrogen) atoms. The minimum atomic E-state index is -0.494. The van der Waals surface area contributed by atoms with Crippen molar-refractivity contribution in [1.29, 1.82) is 5.26 Å². The normalized spacial score (nSPS) is 17.0. The maximum Gasteiger partial charge on any atom is 0.410 e. The summed E-state index contributed by atoms with van der Waals surface area (Å²) in [6, 6.07) is 11.1. The predicted molar refractivity (Wildman–Crippen MR) is 120 cm³/mol. The molecule has 0 bridgehead atoms. The van der Waals surface area contributed by atoms with Gasteiger partial charge in [-0.05, 0) is 69.9 Å². The Balaban J connectivity index is 1.43. The molecule has 0 atom stereocenters.